The number of hydrogen-bond acceptors (Lipinski definition) is 3. The van der Waals surface area contributed by atoms with Crippen LogP contribution < -0.4 is 5.73 Å². The zero-order chi connectivity index (χ0) is 14.5. The van der Waals surface area contributed by atoms with Crippen LogP contribution in [-0.4, -0.2) is 47.4 Å². The van der Waals surface area contributed by atoms with Gasteiger partial charge in [-0.3, -0.25) is 9.69 Å². The number of rotatable bonds is 5. The first-order chi connectivity index (χ1) is 9.61. The molecule has 2 N–H and O–H groups in total. The molecule has 1 fully saturated rings. The topological polar surface area (TPSA) is 49.6 Å². The fraction of sp³-hybridized carbons (Fsp3) is 0.562. The fourth-order valence-electron chi connectivity index (χ4n) is 3.04. The lowest BCUT2D eigenvalue weighted by Crippen LogP contribution is -2.48. The number of hydrogen-bond donors (Lipinski definition) is 1. The van der Waals surface area contributed by atoms with Crippen LogP contribution in [-0.2, 0) is 11.3 Å². The molecule has 4 heteroatoms. The van der Waals surface area contributed by atoms with Crippen molar-refractivity contribution >= 4 is 5.91 Å². The minimum atomic E-state index is 0.0616. The van der Waals surface area contributed by atoms with Gasteiger partial charge < -0.3 is 10.6 Å². The van der Waals surface area contributed by atoms with E-state index in [4.69, 9.17) is 5.73 Å². The van der Waals surface area contributed by atoms with Crippen molar-refractivity contribution in [1.82, 2.24) is 9.80 Å². The van der Waals surface area contributed by atoms with Crippen LogP contribution in [0.15, 0.2) is 30.3 Å². The molecular formula is C16H25N3O. The Bertz CT molecular complexity index is 433. The van der Waals surface area contributed by atoms with Crippen molar-refractivity contribution < 1.29 is 4.79 Å². The Labute approximate surface area is 121 Å². The Morgan fingerprint density at radius 3 is 2.70 bits per heavy atom. The summed E-state index contributed by atoms with van der Waals surface area (Å²) in [6, 6.07) is 11.0. The second-order valence-electron chi connectivity index (χ2n) is 5.76. The highest BCUT2D eigenvalue weighted by atomic mass is 16.2. The van der Waals surface area contributed by atoms with Gasteiger partial charge in [0, 0.05) is 31.7 Å². The normalized spacial score (nSPS) is 19.5. The van der Waals surface area contributed by atoms with E-state index < -0.39 is 0 Å². The van der Waals surface area contributed by atoms with Crippen LogP contribution in [0.3, 0.4) is 0 Å². The van der Waals surface area contributed by atoms with Gasteiger partial charge in [0.1, 0.15) is 0 Å². The van der Waals surface area contributed by atoms with Crippen LogP contribution in [0.4, 0.5) is 0 Å². The van der Waals surface area contributed by atoms with E-state index in [1.54, 1.807) is 0 Å². The van der Waals surface area contributed by atoms with Gasteiger partial charge >= 0.3 is 0 Å². The molecule has 0 bridgehead atoms. The SMILES string of the molecule is CC(C)N(C(=O)CN)[C@H]1CCN(Cc2ccccc2)C1. The van der Waals surface area contributed by atoms with E-state index in [0.717, 1.165) is 26.1 Å². The molecule has 1 aliphatic heterocycles. The van der Waals surface area contributed by atoms with Crippen molar-refractivity contribution in [2.24, 2.45) is 5.73 Å². The van der Waals surface area contributed by atoms with E-state index in [-0.39, 0.29) is 18.5 Å². The smallest absolute Gasteiger partial charge is 0.236 e. The lowest BCUT2D eigenvalue weighted by atomic mass is 10.1. The van der Waals surface area contributed by atoms with E-state index in [2.05, 4.69) is 43.0 Å². The number of amides is 1. The monoisotopic (exact) mass is 275 g/mol. The molecule has 0 aliphatic carbocycles. The van der Waals surface area contributed by atoms with E-state index in [1.807, 2.05) is 11.0 Å². The van der Waals surface area contributed by atoms with Gasteiger partial charge in [-0.1, -0.05) is 30.3 Å². The Morgan fingerprint density at radius 2 is 2.10 bits per heavy atom. The van der Waals surface area contributed by atoms with Crippen molar-refractivity contribution in [1.29, 1.82) is 0 Å². The van der Waals surface area contributed by atoms with E-state index in [9.17, 15) is 4.79 Å². The first-order valence-electron chi connectivity index (χ1n) is 7.39. The summed E-state index contributed by atoms with van der Waals surface area (Å²) in [5.74, 6) is 0.0616. The summed E-state index contributed by atoms with van der Waals surface area (Å²) in [6.07, 6.45) is 1.04. The fourth-order valence-corrected chi connectivity index (χ4v) is 3.04. The van der Waals surface area contributed by atoms with E-state index in [0.29, 0.717) is 6.04 Å². The standard InChI is InChI=1S/C16H25N3O/c1-13(2)19(16(20)10-17)15-8-9-18(12-15)11-14-6-4-3-5-7-14/h3-7,13,15H,8-12,17H2,1-2H3/t15-/m0/s1. The molecule has 0 aromatic heterocycles. The molecule has 4 nitrogen and oxygen atoms in total. The number of nitrogens with two attached hydrogens (primary N) is 1. The van der Waals surface area contributed by atoms with Gasteiger partial charge in [0.25, 0.3) is 0 Å². The second-order valence-corrected chi connectivity index (χ2v) is 5.76. The Morgan fingerprint density at radius 1 is 1.40 bits per heavy atom. The van der Waals surface area contributed by atoms with Gasteiger partial charge in [0.15, 0.2) is 0 Å². The maximum atomic E-state index is 12.0. The molecule has 0 radical (unpaired) electrons. The third kappa shape index (κ3) is 3.58. The second kappa shape index (κ2) is 6.86. The zero-order valence-electron chi connectivity index (χ0n) is 12.5. The summed E-state index contributed by atoms with van der Waals surface area (Å²) in [6.45, 7) is 7.17. The minimum absolute atomic E-state index is 0.0616. The van der Waals surface area contributed by atoms with Crippen molar-refractivity contribution in [2.45, 2.75) is 38.9 Å². The summed E-state index contributed by atoms with van der Waals surface area (Å²) < 4.78 is 0. The van der Waals surface area contributed by atoms with Crippen molar-refractivity contribution in [3.8, 4) is 0 Å². The quantitative estimate of drug-likeness (QED) is 0.885. The molecule has 1 atom stereocenters. The summed E-state index contributed by atoms with van der Waals surface area (Å²) in [7, 11) is 0. The number of carbonyl (C=O) groups excluding carboxylic acids is 1. The van der Waals surface area contributed by atoms with Gasteiger partial charge in [0.2, 0.25) is 5.91 Å². The molecule has 1 aromatic rings. The van der Waals surface area contributed by atoms with Gasteiger partial charge in [-0.05, 0) is 25.8 Å². The highest BCUT2D eigenvalue weighted by Gasteiger charge is 2.31. The summed E-state index contributed by atoms with van der Waals surface area (Å²) >= 11 is 0. The average molecular weight is 275 g/mol. The molecular weight excluding hydrogens is 250 g/mol. The van der Waals surface area contributed by atoms with Crippen LogP contribution in [0.5, 0.6) is 0 Å². The van der Waals surface area contributed by atoms with Crippen molar-refractivity contribution in [3.63, 3.8) is 0 Å². The molecule has 0 saturated carbocycles. The predicted octanol–water partition coefficient (Wildman–Crippen LogP) is 1.46. The highest BCUT2D eigenvalue weighted by Crippen LogP contribution is 2.20. The van der Waals surface area contributed by atoms with E-state index in [1.165, 1.54) is 5.56 Å². The van der Waals surface area contributed by atoms with Crippen molar-refractivity contribution in [2.75, 3.05) is 19.6 Å². The molecule has 1 saturated heterocycles. The third-order valence-electron chi connectivity index (χ3n) is 3.91. The number of carbonyl (C=O) groups is 1. The van der Waals surface area contributed by atoms with Crippen LogP contribution in [0.1, 0.15) is 25.8 Å². The zero-order valence-corrected chi connectivity index (χ0v) is 12.5. The van der Waals surface area contributed by atoms with Crippen LogP contribution >= 0.6 is 0 Å². The maximum Gasteiger partial charge on any atom is 0.236 e. The molecule has 0 spiro atoms. The molecule has 110 valence electrons. The first-order valence-corrected chi connectivity index (χ1v) is 7.39. The van der Waals surface area contributed by atoms with Gasteiger partial charge in [-0.2, -0.15) is 0 Å². The predicted molar refractivity (Wildman–Crippen MR) is 81.2 cm³/mol. The van der Waals surface area contributed by atoms with Gasteiger partial charge in [-0.15, -0.1) is 0 Å². The van der Waals surface area contributed by atoms with Gasteiger partial charge in [-0.25, -0.2) is 0 Å². The molecule has 2 rings (SSSR count). The Hall–Kier alpha value is -1.39. The highest BCUT2D eigenvalue weighted by molar-refractivity contribution is 5.78. The van der Waals surface area contributed by atoms with Gasteiger partial charge in [0.05, 0.1) is 6.54 Å². The Balaban J connectivity index is 1.95. The summed E-state index contributed by atoms with van der Waals surface area (Å²) in [5.41, 5.74) is 6.86. The average Bonchev–Trinajstić information content (AvgIpc) is 2.87. The Kier molecular flexibility index (Phi) is 5.15. The largest absolute Gasteiger partial charge is 0.335 e. The molecule has 1 aromatic carbocycles. The summed E-state index contributed by atoms with van der Waals surface area (Å²) in [5, 5.41) is 0. The molecule has 1 heterocycles. The van der Waals surface area contributed by atoms with Crippen LogP contribution in [0.2, 0.25) is 0 Å². The number of benzene rings is 1. The summed E-state index contributed by atoms with van der Waals surface area (Å²) in [4.78, 5) is 16.4. The van der Waals surface area contributed by atoms with Crippen LogP contribution in [0, 0.1) is 0 Å². The minimum Gasteiger partial charge on any atom is -0.335 e. The molecule has 1 aliphatic rings. The maximum absolute atomic E-state index is 12.0. The molecule has 0 unspecified atom stereocenters. The number of nitrogens with zero attached hydrogens (tertiary/aromatic N) is 2. The third-order valence-corrected chi connectivity index (χ3v) is 3.91. The molecule has 20 heavy (non-hydrogen) atoms. The first kappa shape index (κ1) is 15.0. The van der Waals surface area contributed by atoms with Crippen LogP contribution in [0.25, 0.3) is 0 Å². The number of likely N-dealkylation sites (tertiary alicyclic amines) is 1. The van der Waals surface area contributed by atoms with E-state index >= 15 is 0 Å². The lowest BCUT2D eigenvalue weighted by Gasteiger charge is -2.32. The lowest BCUT2D eigenvalue weighted by molar-refractivity contribution is -0.133. The molecule has 1 amide bonds. The van der Waals surface area contributed by atoms with Crippen molar-refractivity contribution in [3.05, 3.63) is 35.9 Å².